The minimum Gasteiger partial charge on any atom is -0.490 e. The first-order valence-corrected chi connectivity index (χ1v) is 6.59. The number of nitriles is 1. The lowest BCUT2D eigenvalue weighted by molar-refractivity contribution is 0.217. The highest BCUT2D eigenvalue weighted by Gasteiger charge is 2.03. The van der Waals surface area contributed by atoms with Gasteiger partial charge in [0.25, 0.3) is 0 Å². The van der Waals surface area contributed by atoms with E-state index in [2.05, 4.69) is 0 Å². The molecule has 0 saturated carbocycles. The van der Waals surface area contributed by atoms with E-state index in [0.29, 0.717) is 29.5 Å². The number of benzene rings is 2. The van der Waals surface area contributed by atoms with Gasteiger partial charge in [-0.25, -0.2) is 0 Å². The Balaban J connectivity index is 1.81. The Hall–Kier alpha value is -2.18. The number of hydrogen-bond acceptors (Lipinski definition) is 3. The maximum Gasteiger partial charge on any atom is 0.138 e. The molecule has 4 heteroatoms. The number of halogens is 1. The van der Waals surface area contributed by atoms with E-state index in [1.807, 2.05) is 37.3 Å². The Bertz CT molecular complexity index is 617. The van der Waals surface area contributed by atoms with Crippen molar-refractivity contribution in [1.29, 1.82) is 5.26 Å². The molecule has 2 rings (SSSR count). The quantitative estimate of drug-likeness (QED) is 0.781. The highest BCUT2D eigenvalue weighted by atomic mass is 35.5. The zero-order valence-corrected chi connectivity index (χ0v) is 11.9. The van der Waals surface area contributed by atoms with Crippen LogP contribution in [0, 0.1) is 18.3 Å². The van der Waals surface area contributed by atoms with Gasteiger partial charge >= 0.3 is 0 Å². The van der Waals surface area contributed by atoms with E-state index in [1.165, 1.54) is 5.56 Å². The average Bonchev–Trinajstić information content (AvgIpc) is 2.46. The summed E-state index contributed by atoms with van der Waals surface area (Å²) < 4.78 is 11.1. The first-order chi connectivity index (χ1) is 9.69. The molecule has 0 aliphatic rings. The second-order valence-electron chi connectivity index (χ2n) is 4.27. The number of aryl methyl sites for hydroxylation is 1. The van der Waals surface area contributed by atoms with Crippen molar-refractivity contribution in [3.05, 3.63) is 58.6 Å². The minimum atomic E-state index is 0.388. The molecule has 3 nitrogen and oxygen atoms in total. The summed E-state index contributed by atoms with van der Waals surface area (Å²) in [4.78, 5) is 0. The van der Waals surface area contributed by atoms with Gasteiger partial charge in [0.15, 0.2) is 0 Å². The Kier molecular flexibility index (Phi) is 4.86. The van der Waals surface area contributed by atoms with Crippen molar-refractivity contribution in [2.45, 2.75) is 6.92 Å². The van der Waals surface area contributed by atoms with E-state index in [-0.39, 0.29) is 0 Å². The molecular formula is C16H14ClNO2. The summed E-state index contributed by atoms with van der Waals surface area (Å²) >= 11 is 6.00. The van der Waals surface area contributed by atoms with E-state index >= 15 is 0 Å². The number of nitrogens with zero attached hydrogens (tertiary/aromatic N) is 1. The normalized spacial score (nSPS) is 9.85. The molecule has 0 heterocycles. The first kappa shape index (κ1) is 14.2. The molecule has 0 radical (unpaired) electrons. The first-order valence-electron chi connectivity index (χ1n) is 6.21. The molecule has 0 aliphatic heterocycles. The average molecular weight is 288 g/mol. The Morgan fingerprint density at radius 3 is 2.40 bits per heavy atom. The number of ether oxygens (including phenoxy) is 2. The Morgan fingerprint density at radius 1 is 1.05 bits per heavy atom. The monoisotopic (exact) mass is 287 g/mol. The van der Waals surface area contributed by atoms with E-state index in [1.54, 1.807) is 18.2 Å². The van der Waals surface area contributed by atoms with E-state index in [4.69, 9.17) is 26.3 Å². The van der Waals surface area contributed by atoms with Crippen LogP contribution in [-0.4, -0.2) is 13.2 Å². The lowest BCUT2D eigenvalue weighted by atomic mass is 10.2. The van der Waals surface area contributed by atoms with Crippen molar-refractivity contribution >= 4 is 11.6 Å². The van der Waals surface area contributed by atoms with Gasteiger partial charge in [0.05, 0.1) is 16.7 Å². The van der Waals surface area contributed by atoms with Gasteiger partial charge in [-0.15, -0.1) is 0 Å². The van der Waals surface area contributed by atoms with Crippen LogP contribution in [0.4, 0.5) is 0 Å². The molecule has 0 aliphatic carbocycles. The summed E-state index contributed by atoms with van der Waals surface area (Å²) in [5, 5.41) is 9.17. The molecular weight excluding hydrogens is 274 g/mol. The molecule has 0 atom stereocenters. The van der Waals surface area contributed by atoms with Gasteiger partial charge in [-0.1, -0.05) is 29.3 Å². The van der Waals surface area contributed by atoms with Crippen molar-refractivity contribution in [3.8, 4) is 17.6 Å². The van der Waals surface area contributed by atoms with Crippen LogP contribution < -0.4 is 9.47 Å². The molecule has 2 aromatic rings. The molecule has 0 amide bonds. The molecule has 0 saturated heterocycles. The summed E-state index contributed by atoms with van der Waals surface area (Å²) in [6.07, 6.45) is 0. The summed E-state index contributed by atoms with van der Waals surface area (Å²) in [5.41, 5.74) is 1.70. The van der Waals surface area contributed by atoms with E-state index < -0.39 is 0 Å². The Morgan fingerprint density at radius 2 is 1.75 bits per heavy atom. The summed E-state index contributed by atoms with van der Waals surface area (Å²) in [5.74, 6) is 1.36. The smallest absolute Gasteiger partial charge is 0.138 e. The molecule has 0 unspecified atom stereocenters. The van der Waals surface area contributed by atoms with Gasteiger partial charge in [0.2, 0.25) is 0 Å². The predicted molar refractivity (Wildman–Crippen MR) is 78.3 cm³/mol. The SMILES string of the molecule is Cc1ccc(OCCOc2ccc(C#N)cc2Cl)cc1. The number of hydrogen-bond donors (Lipinski definition) is 0. The van der Waals surface area contributed by atoms with Crippen LogP contribution in [0.5, 0.6) is 11.5 Å². The van der Waals surface area contributed by atoms with Gasteiger partial charge in [-0.2, -0.15) is 5.26 Å². The molecule has 2 aromatic carbocycles. The molecule has 0 N–H and O–H groups in total. The Labute approximate surface area is 123 Å². The second-order valence-corrected chi connectivity index (χ2v) is 4.67. The van der Waals surface area contributed by atoms with Crippen molar-refractivity contribution in [2.24, 2.45) is 0 Å². The topological polar surface area (TPSA) is 42.2 Å². The van der Waals surface area contributed by atoms with Crippen molar-refractivity contribution in [1.82, 2.24) is 0 Å². The zero-order valence-electron chi connectivity index (χ0n) is 11.1. The van der Waals surface area contributed by atoms with Gasteiger partial charge in [-0.3, -0.25) is 0 Å². The van der Waals surface area contributed by atoms with Crippen molar-refractivity contribution in [2.75, 3.05) is 13.2 Å². The van der Waals surface area contributed by atoms with Crippen molar-refractivity contribution in [3.63, 3.8) is 0 Å². The van der Waals surface area contributed by atoms with Crippen molar-refractivity contribution < 1.29 is 9.47 Å². The standard InChI is InChI=1S/C16H14ClNO2/c1-12-2-5-14(6-3-12)19-8-9-20-16-7-4-13(11-18)10-15(16)17/h2-7,10H,8-9H2,1H3. The third-order valence-corrected chi connectivity index (χ3v) is 2.99. The molecule has 0 spiro atoms. The highest BCUT2D eigenvalue weighted by Crippen LogP contribution is 2.25. The van der Waals surface area contributed by atoms with Crippen LogP contribution in [0.1, 0.15) is 11.1 Å². The van der Waals surface area contributed by atoms with Gasteiger partial charge in [0.1, 0.15) is 24.7 Å². The fraction of sp³-hybridized carbons (Fsp3) is 0.188. The predicted octanol–water partition coefficient (Wildman–Crippen LogP) is 3.98. The maximum absolute atomic E-state index is 8.74. The second kappa shape index (κ2) is 6.83. The minimum absolute atomic E-state index is 0.388. The van der Waals surface area contributed by atoms with Crippen LogP contribution in [0.3, 0.4) is 0 Å². The molecule has 20 heavy (non-hydrogen) atoms. The van der Waals surface area contributed by atoms with E-state index in [0.717, 1.165) is 5.75 Å². The fourth-order valence-electron chi connectivity index (χ4n) is 1.63. The molecule has 0 fully saturated rings. The van der Waals surface area contributed by atoms with Gasteiger partial charge in [-0.05, 0) is 37.3 Å². The molecule has 102 valence electrons. The summed E-state index contributed by atoms with van der Waals surface area (Å²) in [6, 6.07) is 14.8. The number of rotatable bonds is 5. The summed E-state index contributed by atoms with van der Waals surface area (Å²) in [7, 11) is 0. The van der Waals surface area contributed by atoms with Gasteiger partial charge < -0.3 is 9.47 Å². The third kappa shape index (κ3) is 3.91. The molecule has 0 aromatic heterocycles. The van der Waals surface area contributed by atoms with E-state index in [9.17, 15) is 0 Å². The van der Waals surface area contributed by atoms with Crippen LogP contribution in [0.2, 0.25) is 5.02 Å². The maximum atomic E-state index is 8.74. The lowest BCUT2D eigenvalue weighted by Crippen LogP contribution is -2.09. The zero-order chi connectivity index (χ0) is 14.4. The van der Waals surface area contributed by atoms with Crippen LogP contribution in [-0.2, 0) is 0 Å². The van der Waals surface area contributed by atoms with Crippen LogP contribution in [0.15, 0.2) is 42.5 Å². The van der Waals surface area contributed by atoms with Gasteiger partial charge in [0, 0.05) is 0 Å². The van der Waals surface area contributed by atoms with Crippen LogP contribution in [0.25, 0.3) is 0 Å². The largest absolute Gasteiger partial charge is 0.490 e. The summed E-state index contributed by atoms with van der Waals surface area (Å²) in [6.45, 7) is 2.85. The lowest BCUT2D eigenvalue weighted by Gasteiger charge is -2.09. The fourth-order valence-corrected chi connectivity index (χ4v) is 1.87. The third-order valence-electron chi connectivity index (χ3n) is 2.69. The highest BCUT2D eigenvalue weighted by molar-refractivity contribution is 6.32. The molecule has 0 bridgehead atoms. The van der Waals surface area contributed by atoms with Crippen LogP contribution >= 0.6 is 11.6 Å².